The molecular weight excluding hydrogens is 652 g/mol. The summed E-state index contributed by atoms with van der Waals surface area (Å²) < 4.78 is 80.8. The first-order chi connectivity index (χ1) is 22.1. The van der Waals surface area contributed by atoms with Crippen molar-refractivity contribution in [3.05, 3.63) is 58.1 Å². The summed E-state index contributed by atoms with van der Waals surface area (Å²) in [7, 11) is 0. The minimum Gasteiger partial charge on any atom is -0.397 e. The van der Waals surface area contributed by atoms with E-state index in [0.717, 1.165) is 17.3 Å². The lowest BCUT2D eigenvalue weighted by atomic mass is 9.90. The highest BCUT2D eigenvalue weighted by Crippen LogP contribution is 2.39. The number of rotatable bonds is 6. The normalized spacial score (nSPS) is 19.2. The predicted molar refractivity (Wildman–Crippen MR) is 164 cm³/mol. The smallest absolute Gasteiger partial charge is 0.397 e. The van der Waals surface area contributed by atoms with Gasteiger partial charge in [0.1, 0.15) is 0 Å². The zero-order valence-corrected chi connectivity index (χ0v) is 26.2. The van der Waals surface area contributed by atoms with E-state index in [1.165, 1.54) is 11.0 Å². The van der Waals surface area contributed by atoms with E-state index in [1.54, 1.807) is 9.80 Å². The van der Waals surface area contributed by atoms with Gasteiger partial charge < -0.3 is 25.8 Å². The number of likely N-dealkylation sites (tertiary alicyclic amines) is 2. The molecule has 0 bridgehead atoms. The number of urea groups is 1. The summed E-state index contributed by atoms with van der Waals surface area (Å²) in [5.74, 6) is -3.70. The fraction of sp³-hybridized carbons (Fsp3) is 0.531. The van der Waals surface area contributed by atoms with Crippen molar-refractivity contribution in [1.29, 1.82) is 0 Å². The first-order valence-corrected chi connectivity index (χ1v) is 15.9. The number of piperidine rings is 2. The van der Waals surface area contributed by atoms with Gasteiger partial charge in [0.2, 0.25) is 11.8 Å². The summed E-state index contributed by atoms with van der Waals surface area (Å²) >= 11 is 6.01. The molecule has 8 nitrogen and oxygen atoms in total. The van der Waals surface area contributed by atoms with Crippen LogP contribution < -0.4 is 11.1 Å². The Bertz CT molecular complexity index is 1490. The summed E-state index contributed by atoms with van der Waals surface area (Å²) in [6.45, 7) is 0.732. The summed E-state index contributed by atoms with van der Waals surface area (Å²) in [6.07, 6.45) is -8.83. The number of halogens is 7. The number of carbonyl (C=O) groups excluding carboxylic acids is 3. The van der Waals surface area contributed by atoms with Crippen LogP contribution in [0.4, 0.5) is 42.5 Å². The van der Waals surface area contributed by atoms with Crippen LogP contribution in [0.2, 0.25) is 5.02 Å². The molecule has 3 heterocycles. The predicted octanol–water partition coefficient (Wildman–Crippen LogP) is 6.37. The van der Waals surface area contributed by atoms with E-state index in [2.05, 4.69) is 5.32 Å². The third kappa shape index (κ3) is 8.07. The molecular formula is C32H36ClF6N5O3. The zero-order chi connectivity index (χ0) is 34.1. The van der Waals surface area contributed by atoms with Gasteiger partial charge in [-0.3, -0.25) is 9.59 Å². The molecule has 2 aromatic rings. The van der Waals surface area contributed by atoms with E-state index in [-0.39, 0.29) is 61.4 Å². The number of hydrogen-bond donors (Lipinski definition) is 2. The van der Waals surface area contributed by atoms with Gasteiger partial charge in [-0.05, 0) is 67.9 Å². The molecule has 15 heteroatoms. The second-order valence-electron chi connectivity index (χ2n) is 12.4. The Kier molecular flexibility index (Phi) is 10.2. The van der Waals surface area contributed by atoms with Crippen LogP contribution in [0.3, 0.4) is 0 Å². The molecule has 47 heavy (non-hydrogen) atoms. The van der Waals surface area contributed by atoms with Gasteiger partial charge >= 0.3 is 18.4 Å². The first-order valence-electron chi connectivity index (χ1n) is 15.6. The average molecular weight is 688 g/mol. The summed E-state index contributed by atoms with van der Waals surface area (Å²) in [5.41, 5.74) is 5.54. The molecule has 2 fully saturated rings. The molecule has 4 amide bonds. The van der Waals surface area contributed by atoms with Crippen molar-refractivity contribution >= 4 is 40.8 Å². The van der Waals surface area contributed by atoms with Gasteiger partial charge in [0.05, 0.1) is 28.1 Å². The Morgan fingerprint density at radius 2 is 1.57 bits per heavy atom. The number of anilines is 2. The lowest BCUT2D eigenvalue weighted by Gasteiger charge is -2.39. The molecule has 2 saturated heterocycles. The van der Waals surface area contributed by atoms with Crippen molar-refractivity contribution in [3.63, 3.8) is 0 Å². The van der Waals surface area contributed by atoms with E-state index in [1.807, 2.05) is 24.3 Å². The second kappa shape index (κ2) is 13.8. The number of nitrogen functional groups attached to an aromatic ring is 1. The molecule has 0 radical (unpaired) electrons. The number of fused-ring (bicyclic) bond motifs is 1. The van der Waals surface area contributed by atoms with Crippen LogP contribution in [-0.4, -0.2) is 77.5 Å². The van der Waals surface area contributed by atoms with Crippen molar-refractivity contribution in [3.8, 4) is 0 Å². The summed E-state index contributed by atoms with van der Waals surface area (Å²) in [4.78, 5) is 44.8. The van der Waals surface area contributed by atoms with Crippen LogP contribution in [0.1, 0.15) is 48.8 Å². The monoisotopic (exact) mass is 687 g/mol. The fourth-order valence-electron chi connectivity index (χ4n) is 6.75. The van der Waals surface area contributed by atoms with Crippen LogP contribution in [0.5, 0.6) is 0 Å². The maximum Gasteiger partial charge on any atom is 0.418 e. The Balaban J connectivity index is 1.27. The fourth-order valence-corrected chi connectivity index (χ4v) is 6.99. The van der Waals surface area contributed by atoms with Crippen molar-refractivity contribution < 1.29 is 40.7 Å². The van der Waals surface area contributed by atoms with Gasteiger partial charge in [-0.25, -0.2) is 4.79 Å². The molecule has 3 aliphatic rings. The van der Waals surface area contributed by atoms with E-state index in [4.69, 9.17) is 17.3 Å². The van der Waals surface area contributed by atoms with E-state index < -0.39 is 47.3 Å². The number of nitrogens with zero attached hydrogens (tertiary/aromatic N) is 3. The molecule has 0 saturated carbocycles. The number of nitrogens with two attached hydrogens (primary N) is 1. The number of benzene rings is 2. The van der Waals surface area contributed by atoms with Gasteiger partial charge in [-0.1, -0.05) is 29.8 Å². The lowest BCUT2D eigenvalue weighted by Crippen LogP contribution is -2.50. The second-order valence-corrected chi connectivity index (χ2v) is 12.8. The Morgan fingerprint density at radius 3 is 2.21 bits per heavy atom. The molecule has 3 N–H and O–H groups in total. The number of hydrogen-bond acceptors (Lipinski definition) is 4. The number of nitrogens with one attached hydrogen (secondary N) is 1. The Labute approximate surface area is 273 Å². The molecule has 3 aliphatic heterocycles. The topological polar surface area (TPSA) is 99.0 Å². The summed E-state index contributed by atoms with van der Waals surface area (Å²) in [5, 5.41) is 2.58. The highest BCUT2D eigenvalue weighted by molar-refractivity contribution is 6.33. The third-order valence-electron chi connectivity index (χ3n) is 9.42. The minimum atomic E-state index is -4.82. The van der Waals surface area contributed by atoms with E-state index in [9.17, 15) is 40.7 Å². The molecule has 5 rings (SSSR count). The number of para-hydroxylation sites is 1. The lowest BCUT2D eigenvalue weighted by molar-refractivity contribution is -0.187. The third-order valence-corrected chi connectivity index (χ3v) is 9.73. The van der Waals surface area contributed by atoms with Crippen LogP contribution in [-0.2, 0) is 28.6 Å². The zero-order valence-electron chi connectivity index (χ0n) is 25.5. The molecule has 1 atom stereocenters. The molecule has 0 aromatic heterocycles. The van der Waals surface area contributed by atoms with Gasteiger partial charge in [-0.15, -0.1) is 0 Å². The maximum atomic E-state index is 13.7. The van der Waals surface area contributed by atoms with Crippen molar-refractivity contribution in [2.24, 2.45) is 11.8 Å². The molecule has 0 spiro atoms. The van der Waals surface area contributed by atoms with Gasteiger partial charge in [0.25, 0.3) is 0 Å². The number of amides is 4. The maximum absolute atomic E-state index is 13.7. The number of alkyl halides is 6. The van der Waals surface area contributed by atoms with Crippen molar-refractivity contribution in [2.45, 2.75) is 63.3 Å². The highest BCUT2D eigenvalue weighted by Gasteiger charge is 2.43. The van der Waals surface area contributed by atoms with Gasteiger partial charge in [0.15, 0.2) is 0 Å². The number of carbonyl (C=O) groups is 3. The molecule has 256 valence electrons. The van der Waals surface area contributed by atoms with Crippen LogP contribution >= 0.6 is 11.6 Å². The minimum absolute atomic E-state index is 0.0275. The van der Waals surface area contributed by atoms with Crippen LogP contribution in [0.25, 0.3) is 0 Å². The molecule has 0 aliphatic carbocycles. The standard InChI is InChI=1S/C32H36ClF6N5O3/c33-25-17-19(16-24(28(25)40)32(37,38)39)15-21(29(46)43-10-6-22(7-11-43)31(34,35)36)18-27(45)42-12-8-23(9-13-42)44-14-5-20-3-1-2-4-26(20)41-30(44)47/h1-4,16-17,21-23H,5-15,18,40H2,(H,41,47)/t21-/m0/s1. The van der Waals surface area contributed by atoms with E-state index >= 15 is 0 Å². The average Bonchev–Trinajstić information content (AvgIpc) is 3.19. The molecule has 2 aromatic carbocycles. The molecule has 0 unspecified atom stereocenters. The van der Waals surface area contributed by atoms with Crippen molar-refractivity contribution in [1.82, 2.24) is 14.7 Å². The van der Waals surface area contributed by atoms with Gasteiger partial charge in [0, 0.05) is 50.9 Å². The quantitative estimate of drug-likeness (QED) is 0.272. The Morgan fingerprint density at radius 1 is 0.936 bits per heavy atom. The van der Waals surface area contributed by atoms with Crippen molar-refractivity contribution in [2.75, 3.05) is 43.8 Å². The van der Waals surface area contributed by atoms with Gasteiger partial charge in [-0.2, -0.15) is 26.3 Å². The Hall–Kier alpha value is -3.68. The highest BCUT2D eigenvalue weighted by atomic mass is 35.5. The van der Waals surface area contributed by atoms with E-state index in [0.29, 0.717) is 38.9 Å². The summed E-state index contributed by atoms with van der Waals surface area (Å²) in [6, 6.07) is 9.21. The largest absolute Gasteiger partial charge is 0.418 e. The van der Waals surface area contributed by atoms with Crippen LogP contribution in [0, 0.1) is 11.8 Å². The SMILES string of the molecule is Nc1c(Cl)cc(C[C@@H](CC(=O)N2CCC(N3CCc4ccccc4NC3=O)CC2)C(=O)N2CCC(C(F)(F)F)CC2)cc1C(F)(F)F. The first kappa shape index (κ1) is 34.6. The van der Waals surface area contributed by atoms with Crippen LogP contribution in [0.15, 0.2) is 36.4 Å².